The SMILES string of the molecule is Fc1ccc(-n2c3ccccc3c3sc4ccccc4c32)cc1. The summed E-state index contributed by atoms with van der Waals surface area (Å²) in [5.41, 5.74) is 3.35. The van der Waals surface area contributed by atoms with Crippen LogP contribution in [0.15, 0.2) is 72.8 Å². The molecule has 110 valence electrons. The van der Waals surface area contributed by atoms with Crippen LogP contribution in [0.4, 0.5) is 4.39 Å². The zero-order valence-corrected chi connectivity index (χ0v) is 13.0. The summed E-state index contributed by atoms with van der Waals surface area (Å²) in [7, 11) is 0. The van der Waals surface area contributed by atoms with Crippen LogP contribution in [0.1, 0.15) is 0 Å². The zero-order valence-electron chi connectivity index (χ0n) is 12.2. The van der Waals surface area contributed by atoms with Gasteiger partial charge in [0.2, 0.25) is 0 Å². The van der Waals surface area contributed by atoms with Crippen molar-refractivity contribution < 1.29 is 4.39 Å². The Balaban J connectivity index is 2.03. The molecule has 0 aliphatic rings. The highest BCUT2D eigenvalue weighted by Crippen LogP contribution is 2.41. The smallest absolute Gasteiger partial charge is 0.123 e. The summed E-state index contributed by atoms with van der Waals surface area (Å²) >= 11 is 1.81. The van der Waals surface area contributed by atoms with Crippen LogP contribution >= 0.6 is 11.3 Å². The van der Waals surface area contributed by atoms with Gasteiger partial charge < -0.3 is 4.57 Å². The molecular formula is C20H12FNS. The molecule has 2 aromatic heterocycles. The normalized spacial score (nSPS) is 11.7. The first-order valence-electron chi connectivity index (χ1n) is 7.49. The lowest BCUT2D eigenvalue weighted by Crippen LogP contribution is -1.93. The Morgan fingerprint density at radius 3 is 2.26 bits per heavy atom. The molecular weight excluding hydrogens is 305 g/mol. The highest BCUT2D eigenvalue weighted by Gasteiger charge is 2.16. The van der Waals surface area contributed by atoms with Crippen LogP contribution in [0.2, 0.25) is 0 Å². The Bertz CT molecular complexity index is 1160. The summed E-state index contributed by atoms with van der Waals surface area (Å²) in [6.45, 7) is 0. The predicted molar refractivity (Wildman–Crippen MR) is 96.1 cm³/mol. The van der Waals surface area contributed by atoms with Gasteiger partial charge in [-0.1, -0.05) is 36.4 Å². The van der Waals surface area contributed by atoms with Crippen molar-refractivity contribution in [2.24, 2.45) is 0 Å². The van der Waals surface area contributed by atoms with Crippen molar-refractivity contribution in [3.63, 3.8) is 0 Å². The maximum atomic E-state index is 13.3. The molecule has 0 bridgehead atoms. The van der Waals surface area contributed by atoms with E-state index in [9.17, 15) is 4.39 Å². The summed E-state index contributed by atoms with van der Waals surface area (Å²) in [4.78, 5) is 0. The highest BCUT2D eigenvalue weighted by molar-refractivity contribution is 7.26. The van der Waals surface area contributed by atoms with E-state index in [0.717, 1.165) is 11.2 Å². The Morgan fingerprint density at radius 2 is 1.43 bits per heavy atom. The highest BCUT2D eigenvalue weighted by atomic mass is 32.1. The van der Waals surface area contributed by atoms with Gasteiger partial charge in [0, 0.05) is 21.2 Å². The van der Waals surface area contributed by atoms with Gasteiger partial charge in [-0.15, -0.1) is 11.3 Å². The Labute approximate surface area is 136 Å². The van der Waals surface area contributed by atoms with E-state index in [4.69, 9.17) is 0 Å². The molecule has 23 heavy (non-hydrogen) atoms. The molecule has 0 aliphatic carbocycles. The summed E-state index contributed by atoms with van der Waals surface area (Å²) in [6, 6.07) is 23.6. The number of hydrogen-bond acceptors (Lipinski definition) is 1. The van der Waals surface area contributed by atoms with Crippen molar-refractivity contribution in [3.05, 3.63) is 78.6 Å². The molecule has 3 heteroatoms. The lowest BCUT2D eigenvalue weighted by Gasteiger charge is -2.07. The third-order valence-corrected chi connectivity index (χ3v) is 5.46. The van der Waals surface area contributed by atoms with Gasteiger partial charge in [0.25, 0.3) is 0 Å². The van der Waals surface area contributed by atoms with E-state index in [1.165, 1.54) is 37.8 Å². The monoisotopic (exact) mass is 317 g/mol. The van der Waals surface area contributed by atoms with Crippen molar-refractivity contribution in [3.8, 4) is 5.69 Å². The minimum Gasteiger partial charge on any atom is -0.308 e. The molecule has 0 aliphatic heterocycles. The van der Waals surface area contributed by atoms with E-state index < -0.39 is 0 Å². The second kappa shape index (κ2) is 4.67. The number of fused-ring (bicyclic) bond motifs is 5. The third-order valence-electron chi connectivity index (χ3n) is 4.27. The third kappa shape index (κ3) is 1.77. The van der Waals surface area contributed by atoms with Crippen molar-refractivity contribution in [1.29, 1.82) is 0 Å². The predicted octanol–water partition coefficient (Wildman–Crippen LogP) is 6.14. The van der Waals surface area contributed by atoms with Gasteiger partial charge >= 0.3 is 0 Å². The molecule has 2 heterocycles. The first-order valence-corrected chi connectivity index (χ1v) is 8.31. The van der Waals surface area contributed by atoms with E-state index in [0.29, 0.717) is 0 Å². The quantitative estimate of drug-likeness (QED) is 0.350. The minimum absolute atomic E-state index is 0.211. The number of benzene rings is 3. The van der Waals surface area contributed by atoms with Crippen molar-refractivity contribution >= 4 is 42.5 Å². The molecule has 0 atom stereocenters. The first-order chi connectivity index (χ1) is 11.3. The number of halogens is 1. The van der Waals surface area contributed by atoms with E-state index in [2.05, 4.69) is 47.0 Å². The molecule has 0 saturated carbocycles. The van der Waals surface area contributed by atoms with Crippen molar-refractivity contribution in [2.45, 2.75) is 0 Å². The second-order valence-corrected chi connectivity index (χ2v) is 6.66. The van der Waals surface area contributed by atoms with E-state index >= 15 is 0 Å². The molecule has 0 saturated heterocycles. The van der Waals surface area contributed by atoms with E-state index in [1.54, 1.807) is 0 Å². The van der Waals surface area contributed by atoms with Gasteiger partial charge in [-0.3, -0.25) is 0 Å². The van der Waals surface area contributed by atoms with Crippen LogP contribution in [-0.2, 0) is 0 Å². The lowest BCUT2D eigenvalue weighted by molar-refractivity contribution is 0.627. The van der Waals surface area contributed by atoms with Gasteiger partial charge in [-0.2, -0.15) is 0 Å². The van der Waals surface area contributed by atoms with Gasteiger partial charge in [0.1, 0.15) is 5.82 Å². The molecule has 0 unspecified atom stereocenters. The molecule has 5 rings (SSSR count). The maximum absolute atomic E-state index is 13.3. The molecule has 5 aromatic rings. The molecule has 3 aromatic carbocycles. The van der Waals surface area contributed by atoms with Crippen LogP contribution in [0, 0.1) is 5.82 Å². The first kappa shape index (κ1) is 12.9. The fourth-order valence-electron chi connectivity index (χ4n) is 3.28. The zero-order chi connectivity index (χ0) is 15.4. The largest absolute Gasteiger partial charge is 0.308 e. The lowest BCUT2D eigenvalue weighted by atomic mass is 10.2. The summed E-state index contributed by atoms with van der Waals surface area (Å²) in [5.74, 6) is -0.211. The molecule has 1 nitrogen and oxygen atoms in total. The van der Waals surface area contributed by atoms with Gasteiger partial charge in [-0.05, 0) is 36.4 Å². The summed E-state index contributed by atoms with van der Waals surface area (Å²) in [5, 5.41) is 2.49. The van der Waals surface area contributed by atoms with Gasteiger partial charge in [-0.25, -0.2) is 4.39 Å². The van der Waals surface area contributed by atoms with Gasteiger partial charge in [0.05, 0.1) is 15.7 Å². The Morgan fingerprint density at radius 1 is 0.739 bits per heavy atom. The average molecular weight is 317 g/mol. The van der Waals surface area contributed by atoms with Crippen LogP contribution in [-0.4, -0.2) is 4.57 Å². The van der Waals surface area contributed by atoms with Crippen molar-refractivity contribution in [2.75, 3.05) is 0 Å². The fourth-order valence-corrected chi connectivity index (χ4v) is 4.50. The Hall–Kier alpha value is -2.65. The molecule has 0 N–H and O–H groups in total. The molecule has 0 fully saturated rings. The van der Waals surface area contributed by atoms with E-state index in [-0.39, 0.29) is 5.82 Å². The average Bonchev–Trinajstić information content (AvgIpc) is 3.11. The van der Waals surface area contributed by atoms with Crippen LogP contribution in [0.5, 0.6) is 0 Å². The number of para-hydroxylation sites is 1. The minimum atomic E-state index is -0.211. The molecule has 0 amide bonds. The number of aromatic nitrogens is 1. The molecule has 0 spiro atoms. The number of rotatable bonds is 1. The fraction of sp³-hybridized carbons (Fsp3) is 0. The molecule has 0 radical (unpaired) electrons. The van der Waals surface area contributed by atoms with E-state index in [1.807, 2.05) is 29.5 Å². The van der Waals surface area contributed by atoms with Crippen LogP contribution in [0.3, 0.4) is 0 Å². The topological polar surface area (TPSA) is 4.93 Å². The second-order valence-electron chi connectivity index (χ2n) is 5.60. The maximum Gasteiger partial charge on any atom is 0.123 e. The standard InChI is InChI=1S/C20H12FNS/c21-13-9-11-14(12-10-13)22-17-7-3-1-5-15(17)20-19(22)16-6-2-4-8-18(16)23-20/h1-12H. The Kier molecular flexibility index (Phi) is 2.61. The number of nitrogens with zero attached hydrogens (tertiary/aromatic N) is 1. The van der Waals surface area contributed by atoms with Crippen LogP contribution in [0.25, 0.3) is 36.9 Å². The number of thiophene rings is 1. The summed E-state index contributed by atoms with van der Waals surface area (Å²) < 4.78 is 18.1. The van der Waals surface area contributed by atoms with Crippen molar-refractivity contribution in [1.82, 2.24) is 4.57 Å². The number of hydrogen-bond donors (Lipinski definition) is 0. The summed E-state index contributed by atoms with van der Waals surface area (Å²) in [6.07, 6.45) is 0. The van der Waals surface area contributed by atoms with Gasteiger partial charge in [0.15, 0.2) is 0 Å². The van der Waals surface area contributed by atoms with Crippen LogP contribution < -0.4 is 0 Å².